The summed E-state index contributed by atoms with van der Waals surface area (Å²) >= 11 is 5.92. The number of benzene rings is 2. The van der Waals surface area contributed by atoms with E-state index < -0.39 is 0 Å². The average Bonchev–Trinajstić information content (AvgIpc) is 2.48. The summed E-state index contributed by atoms with van der Waals surface area (Å²) in [7, 11) is 0. The quantitative estimate of drug-likeness (QED) is 0.716. The van der Waals surface area contributed by atoms with Gasteiger partial charge in [0, 0.05) is 22.1 Å². The van der Waals surface area contributed by atoms with E-state index in [9.17, 15) is 0 Å². The fourth-order valence-corrected chi connectivity index (χ4v) is 2.36. The van der Waals surface area contributed by atoms with Crippen LogP contribution in [0.3, 0.4) is 0 Å². The highest BCUT2D eigenvalue weighted by atomic mass is 35.5. The zero-order valence-corrected chi connectivity index (χ0v) is 12.3. The first-order valence-corrected chi connectivity index (χ1v) is 7.03. The van der Waals surface area contributed by atoms with E-state index in [0.29, 0.717) is 5.69 Å². The summed E-state index contributed by atoms with van der Waals surface area (Å²) < 4.78 is 0. The van der Waals surface area contributed by atoms with Crippen molar-refractivity contribution < 1.29 is 0 Å². The second-order valence-electron chi connectivity index (χ2n) is 4.92. The lowest BCUT2D eigenvalue weighted by molar-refractivity contribution is 0.876. The number of rotatable bonds is 3. The molecule has 0 saturated carbocycles. The Morgan fingerprint density at radius 1 is 1.10 bits per heavy atom. The van der Waals surface area contributed by atoms with Gasteiger partial charge in [0.05, 0.1) is 5.52 Å². The minimum Gasteiger partial charge on any atom is -0.399 e. The fourth-order valence-electron chi connectivity index (χ4n) is 2.23. The Balaban J connectivity index is 1.94. The van der Waals surface area contributed by atoms with Crippen molar-refractivity contribution in [3.63, 3.8) is 0 Å². The standard InChI is InChI=1S/C16H15ClN4/c1-10(11-2-4-12(17)5-3-11)21-16-14-8-13(18)6-7-15(14)19-9-20-16/h2-10H,18H2,1H3,(H,19,20,21). The Bertz CT molecular complexity index is 771. The van der Waals surface area contributed by atoms with Crippen molar-refractivity contribution in [2.45, 2.75) is 13.0 Å². The molecule has 0 saturated heterocycles. The lowest BCUT2D eigenvalue weighted by atomic mass is 10.1. The maximum Gasteiger partial charge on any atom is 0.137 e. The predicted molar refractivity (Wildman–Crippen MR) is 87.4 cm³/mol. The van der Waals surface area contributed by atoms with E-state index in [0.717, 1.165) is 27.3 Å². The Morgan fingerprint density at radius 2 is 1.86 bits per heavy atom. The minimum atomic E-state index is 0.0989. The monoisotopic (exact) mass is 298 g/mol. The third kappa shape index (κ3) is 2.90. The van der Waals surface area contributed by atoms with E-state index in [4.69, 9.17) is 17.3 Å². The van der Waals surface area contributed by atoms with Crippen LogP contribution in [0.4, 0.5) is 11.5 Å². The molecule has 1 atom stereocenters. The Kier molecular flexibility index (Phi) is 3.62. The summed E-state index contributed by atoms with van der Waals surface area (Å²) in [5, 5.41) is 5.04. The molecule has 0 aliphatic rings. The van der Waals surface area contributed by atoms with E-state index in [1.807, 2.05) is 42.5 Å². The SMILES string of the molecule is CC(Nc1ncnc2ccc(N)cc12)c1ccc(Cl)cc1. The van der Waals surface area contributed by atoms with Crippen molar-refractivity contribution in [3.05, 3.63) is 59.4 Å². The van der Waals surface area contributed by atoms with Crippen molar-refractivity contribution in [1.82, 2.24) is 9.97 Å². The number of anilines is 2. The highest BCUT2D eigenvalue weighted by Gasteiger charge is 2.09. The van der Waals surface area contributed by atoms with Crippen molar-refractivity contribution in [2.24, 2.45) is 0 Å². The van der Waals surface area contributed by atoms with Gasteiger partial charge in [-0.2, -0.15) is 0 Å². The molecule has 1 unspecified atom stereocenters. The van der Waals surface area contributed by atoms with E-state index in [1.165, 1.54) is 0 Å². The number of aromatic nitrogens is 2. The fraction of sp³-hybridized carbons (Fsp3) is 0.125. The maximum atomic E-state index is 5.92. The highest BCUT2D eigenvalue weighted by Crippen LogP contribution is 2.26. The van der Waals surface area contributed by atoms with Crippen LogP contribution >= 0.6 is 11.6 Å². The molecule has 21 heavy (non-hydrogen) atoms. The third-order valence-corrected chi connectivity index (χ3v) is 3.63. The van der Waals surface area contributed by atoms with Crippen LogP contribution in [0.25, 0.3) is 10.9 Å². The van der Waals surface area contributed by atoms with Gasteiger partial charge < -0.3 is 11.1 Å². The molecule has 106 valence electrons. The molecule has 0 fully saturated rings. The number of nitrogen functional groups attached to an aromatic ring is 1. The zero-order chi connectivity index (χ0) is 14.8. The number of nitrogens with one attached hydrogen (secondary N) is 1. The van der Waals surface area contributed by atoms with Gasteiger partial charge in [0.15, 0.2) is 0 Å². The van der Waals surface area contributed by atoms with Crippen LogP contribution < -0.4 is 11.1 Å². The van der Waals surface area contributed by atoms with Gasteiger partial charge in [0.2, 0.25) is 0 Å². The molecule has 4 nitrogen and oxygen atoms in total. The predicted octanol–water partition coefficient (Wildman–Crippen LogP) is 4.04. The van der Waals surface area contributed by atoms with Crippen LogP contribution in [0.5, 0.6) is 0 Å². The van der Waals surface area contributed by atoms with Gasteiger partial charge in [-0.15, -0.1) is 0 Å². The number of halogens is 1. The molecular formula is C16H15ClN4. The molecule has 2 aromatic carbocycles. The number of fused-ring (bicyclic) bond motifs is 1. The first-order valence-electron chi connectivity index (χ1n) is 6.66. The molecule has 1 heterocycles. The molecule has 5 heteroatoms. The Labute approximate surface area is 128 Å². The van der Waals surface area contributed by atoms with Gasteiger partial charge in [0.1, 0.15) is 12.1 Å². The van der Waals surface area contributed by atoms with Gasteiger partial charge in [-0.05, 0) is 42.8 Å². The van der Waals surface area contributed by atoms with Crippen molar-refractivity contribution in [3.8, 4) is 0 Å². The largest absolute Gasteiger partial charge is 0.399 e. The minimum absolute atomic E-state index is 0.0989. The van der Waals surface area contributed by atoms with Gasteiger partial charge in [-0.3, -0.25) is 0 Å². The van der Waals surface area contributed by atoms with Crippen LogP contribution in [-0.4, -0.2) is 9.97 Å². The molecule has 0 amide bonds. The molecule has 0 bridgehead atoms. The number of nitrogens with zero attached hydrogens (tertiary/aromatic N) is 2. The van der Waals surface area contributed by atoms with Crippen LogP contribution in [0.15, 0.2) is 48.8 Å². The van der Waals surface area contributed by atoms with Crippen molar-refractivity contribution in [2.75, 3.05) is 11.1 Å². The Hall–Kier alpha value is -2.33. The van der Waals surface area contributed by atoms with Crippen LogP contribution in [0, 0.1) is 0 Å². The van der Waals surface area contributed by atoms with Crippen LogP contribution in [-0.2, 0) is 0 Å². The molecule has 0 spiro atoms. The van der Waals surface area contributed by atoms with Gasteiger partial charge in [-0.1, -0.05) is 23.7 Å². The third-order valence-electron chi connectivity index (χ3n) is 3.38. The van der Waals surface area contributed by atoms with Crippen LogP contribution in [0.1, 0.15) is 18.5 Å². The average molecular weight is 299 g/mol. The van der Waals surface area contributed by atoms with Crippen LogP contribution in [0.2, 0.25) is 5.02 Å². The molecule has 0 aliphatic heterocycles. The van der Waals surface area contributed by atoms with Crippen molar-refractivity contribution >= 4 is 34.0 Å². The molecule has 0 aliphatic carbocycles. The smallest absolute Gasteiger partial charge is 0.137 e. The zero-order valence-electron chi connectivity index (χ0n) is 11.5. The summed E-state index contributed by atoms with van der Waals surface area (Å²) in [4.78, 5) is 8.58. The van der Waals surface area contributed by atoms with Gasteiger partial charge in [-0.25, -0.2) is 9.97 Å². The number of nitrogens with two attached hydrogens (primary N) is 1. The summed E-state index contributed by atoms with van der Waals surface area (Å²) in [6.07, 6.45) is 1.55. The lowest BCUT2D eigenvalue weighted by Gasteiger charge is -2.16. The summed E-state index contributed by atoms with van der Waals surface area (Å²) in [6, 6.07) is 13.5. The molecule has 3 N–H and O–H groups in total. The summed E-state index contributed by atoms with van der Waals surface area (Å²) in [5.41, 5.74) is 8.55. The summed E-state index contributed by atoms with van der Waals surface area (Å²) in [5.74, 6) is 0.773. The topological polar surface area (TPSA) is 63.8 Å². The second kappa shape index (κ2) is 5.58. The molecular weight excluding hydrogens is 284 g/mol. The lowest BCUT2D eigenvalue weighted by Crippen LogP contribution is -2.08. The molecule has 0 radical (unpaired) electrons. The first kappa shape index (κ1) is 13.6. The molecule has 1 aromatic heterocycles. The van der Waals surface area contributed by atoms with Crippen molar-refractivity contribution in [1.29, 1.82) is 0 Å². The second-order valence-corrected chi connectivity index (χ2v) is 5.35. The Morgan fingerprint density at radius 3 is 2.62 bits per heavy atom. The first-order chi connectivity index (χ1) is 10.1. The van der Waals surface area contributed by atoms with E-state index >= 15 is 0 Å². The van der Waals surface area contributed by atoms with E-state index in [-0.39, 0.29) is 6.04 Å². The highest BCUT2D eigenvalue weighted by molar-refractivity contribution is 6.30. The molecule has 3 aromatic rings. The van der Waals surface area contributed by atoms with E-state index in [1.54, 1.807) is 6.33 Å². The number of hydrogen-bond donors (Lipinski definition) is 2. The van der Waals surface area contributed by atoms with Gasteiger partial charge in [0.25, 0.3) is 0 Å². The summed E-state index contributed by atoms with van der Waals surface area (Å²) in [6.45, 7) is 2.07. The van der Waals surface area contributed by atoms with Gasteiger partial charge >= 0.3 is 0 Å². The normalized spacial score (nSPS) is 12.3. The number of hydrogen-bond acceptors (Lipinski definition) is 4. The van der Waals surface area contributed by atoms with E-state index in [2.05, 4.69) is 22.2 Å². The molecule has 3 rings (SSSR count). The maximum absolute atomic E-state index is 5.92.